The molecule has 0 atom stereocenters. The van der Waals surface area contributed by atoms with Crippen molar-refractivity contribution in [3.05, 3.63) is 114 Å². The molecule has 0 saturated carbocycles. The molecule has 196 valence electrons. The number of esters is 2. The zero-order valence-corrected chi connectivity index (χ0v) is 22.3. The molecule has 39 heavy (non-hydrogen) atoms. The van der Waals surface area contributed by atoms with E-state index in [4.69, 9.17) is 9.47 Å². The van der Waals surface area contributed by atoms with Gasteiger partial charge >= 0.3 is 11.9 Å². The van der Waals surface area contributed by atoms with E-state index < -0.39 is 29.9 Å². The minimum Gasteiger partial charge on any atom is -0.459 e. The minimum atomic E-state index is -0.752. The molecule has 0 fully saturated rings. The summed E-state index contributed by atoms with van der Waals surface area (Å²) < 4.78 is 12.8. The van der Waals surface area contributed by atoms with Crippen LogP contribution in [0.3, 0.4) is 0 Å². The third kappa shape index (κ3) is 4.93. The number of pyridine rings is 1. The SMILES string of the molecule is CC(C)OC(=O)c1c(C(=O)OC(C)C)c2c3ccccc3ccn2c1C(=O)c1ccc(-c2ccccc2)cc1. The third-order valence-electron chi connectivity index (χ3n) is 6.39. The molecule has 0 bridgehead atoms. The third-order valence-corrected chi connectivity index (χ3v) is 6.39. The van der Waals surface area contributed by atoms with Crippen LogP contribution in [0.5, 0.6) is 0 Å². The number of carbonyl (C=O) groups excluding carboxylic acids is 3. The van der Waals surface area contributed by atoms with Gasteiger partial charge in [0.1, 0.15) is 16.8 Å². The summed E-state index contributed by atoms with van der Waals surface area (Å²) >= 11 is 0. The van der Waals surface area contributed by atoms with Gasteiger partial charge in [-0.3, -0.25) is 4.79 Å². The van der Waals surface area contributed by atoms with Gasteiger partial charge in [-0.2, -0.15) is 0 Å². The van der Waals surface area contributed by atoms with Gasteiger partial charge in [0.25, 0.3) is 0 Å². The summed E-state index contributed by atoms with van der Waals surface area (Å²) in [6.07, 6.45) is 0.821. The monoisotopic (exact) mass is 519 g/mol. The van der Waals surface area contributed by atoms with Crippen LogP contribution in [0.25, 0.3) is 27.4 Å². The van der Waals surface area contributed by atoms with Crippen LogP contribution in [0.2, 0.25) is 0 Å². The molecule has 0 unspecified atom stereocenters. The Bertz CT molecular complexity index is 1700. The fourth-order valence-corrected chi connectivity index (χ4v) is 4.76. The molecule has 0 aliphatic carbocycles. The van der Waals surface area contributed by atoms with E-state index in [9.17, 15) is 14.4 Å². The number of hydrogen-bond acceptors (Lipinski definition) is 5. The molecule has 0 aliphatic heterocycles. The number of benzene rings is 3. The van der Waals surface area contributed by atoms with Crippen LogP contribution in [0.15, 0.2) is 91.1 Å². The predicted octanol–water partition coefficient (Wildman–Crippen LogP) is 7.12. The Balaban J connectivity index is 1.77. The van der Waals surface area contributed by atoms with E-state index in [1.54, 1.807) is 50.4 Å². The molecule has 0 spiro atoms. The van der Waals surface area contributed by atoms with E-state index >= 15 is 0 Å². The second kappa shape index (κ2) is 10.6. The second-order valence-electron chi connectivity index (χ2n) is 9.90. The average Bonchev–Trinajstić information content (AvgIpc) is 3.29. The quantitative estimate of drug-likeness (QED) is 0.169. The molecular formula is C33H29NO5. The minimum absolute atomic E-state index is 0.0235. The van der Waals surface area contributed by atoms with Gasteiger partial charge < -0.3 is 13.9 Å². The number of ketones is 1. The highest BCUT2D eigenvalue weighted by Gasteiger charge is 2.35. The molecule has 2 heterocycles. The van der Waals surface area contributed by atoms with Crippen molar-refractivity contribution in [1.82, 2.24) is 4.40 Å². The number of carbonyl (C=O) groups is 3. The first-order valence-corrected chi connectivity index (χ1v) is 12.9. The molecule has 5 rings (SSSR count). The molecule has 3 aromatic carbocycles. The van der Waals surface area contributed by atoms with Crippen LogP contribution >= 0.6 is 0 Å². The molecule has 6 heteroatoms. The van der Waals surface area contributed by atoms with Crippen molar-refractivity contribution in [3.8, 4) is 11.1 Å². The standard InChI is InChI=1S/C33H29NO5/c1-20(2)38-32(36)27-28(33(37)39-21(3)4)30(34-19-18-24-12-8-9-13-26(24)29(27)34)31(35)25-16-14-23(15-17-25)22-10-6-5-7-11-22/h5-21H,1-4H3. The molecule has 0 N–H and O–H groups in total. The van der Waals surface area contributed by atoms with Gasteiger partial charge in [-0.25, -0.2) is 9.59 Å². The highest BCUT2D eigenvalue weighted by molar-refractivity contribution is 6.22. The Morgan fingerprint density at radius 2 is 1.21 bits per heavy atom. The first-order chi connectivity index (χ1) is 18.8. The van der Waals surface area contributed by atoms with E-state index in [1.165, 1.54) is 0 Å². The number of nitrogens with zero attached hydrogens (tertiary/aromatic N) is 1. The van der Waals surface area contributed by atoms with Crippen molar-refractivity contribution in [2.45, 2.75) is 39.9 Å². The Morgan fingerprint density at radius 1 is 0.641 bits per heavy atom. The van der Waals surface area contributed by atoms with Crippen LogP contribution in [-0.4, -0.2) is 34.3 Å². The number of hydrogen-bond donors (Lipinski definition) is 0. The van der Waals surface area contributed by atoms with Crippen LogP contribution in [0.4, 0.5) is 0 Å². The van der Waals surface area contributed by atoms with Gasteiger partial charge in [0.05, 0.1) is 17.7 Å². The highest BCUT2D eigenvalue weighted by atomic mass is 16.5. The molecule has 2 aromatic heterocycles. The van der Waals surface area contributed by atoms with Gasteiger partial charge in [0.15, 0.2) is 0 Å². The molecule has 6 nitrogen and oxygen atoms in total. The zero-order valence-electron chi connectivity index (χ0n) is 22.3. The molecule has 0 aliphatic rings. The van der Waals surface area contributed by atoms with Crippen molar-refractivity contribution >= 4 is 34.0 Å². The van der Waals surface area contributed by atoms with Crippen molar-refractivity contribution in [3.63, 3.8) is 0 Å². The lowest BCUT2D eigenvalue weighted by atomic mass is 9.99. The first kappa shape index (κ1) is 25.9. The Morgan fingerprint density at radius 3 is 1.85 bits per heavy atom. The lowest BCUT2D eigenvalue weighted by Crippen LogP contribution is -2.20. The summed E-state index contributed by atoms with van der Waals surface area (Å²) in [7, 11) is 0. The van der Waals surface area contributed by atoms with Crippen LogP contribution < -0.4 is 0 Å². The fourth-order valence-electron chi connectivity index (χ4n) is 4.76. The van der Waals surface area contributed by atoms with Crippen molar-refractivity contribution in [2.24, 2.45) is 0 Å². The van der Waals surface area contributed by atoms with Gasteiger partial charge in [0, 0.05) is 17.1 Å². The fraction of sp³-hybridized carbons (Fsp3) is 0.182. The summed E-state index contributed by atoms with van der Waals surface area (Å²) in [5.41, 5.74) is 2.78. The van der Waals surface area contributed by atoms with Crippen molar-refractivity contribution in [1.29, 1.82) is 0 Å². The average molecular weight is 520 g/mol. The summed E-state index contributed by atoms with van der Waals surface area (Å²) in [6, 6.07) is 26.4. The maximum atomic E-state index is 14.1. The number of rotatable bonds is 7. The topological polar surface area (TPSA) is 74.1 Å². The number of ether oxygens (including phenoxy) is 2. The Hall–Kier alpha value is -4.71. The Labute approximate surface area is 226 Å². The van der Waals surface area contributed by atoms with Crippen molar-refractivity contribution < 1.29 is 23.9 Å². The second-order valence-corrected chi connectivity index (χ2v) is 9.90. The van der Waals surface area contributed by atoms with E-state index in [2.05, 4.69) is 0 Å². The summed E-state index contributed by atoms with van der Waals surface area (Å²) in [5.74, 6) is -1.84. The van der Waals surface area contributed by atoms with Crippen LogP contribution in [-0.2, 0) is 9.47 Å². The molecule has 0 amide bonds. The summed E-state index contributed by atoms with van der Waals surface area (Å²) in [4.78, 5) is 41.2. The van der Waals surface area contributed by atoms with Gasteiger partial charge in [-0.15, -0.1) is 0 Å². The van der Waals surface area contributed by atoms with E-state index in [0.29, 0.717) is 16.5 Å². The lowest BCUT2D eigenvalue weighted by Gasteiger charge is -2.12. The van der Waals surface area contributed by atoms with Crippen molar-refractivity contribution in [2.75, 3.05) is 0 Å². The largest absolute Gasteiger partial charge is 0.459 e. The van der Waals surface area contributed by atoms with E-state index in [0.717, 1.165) is 16.5 Å². The normalized spacial score (nSPS) is 11.3. The van der Waals surface area contributed by atoms with Gasteiger partial charge in [-0.1, -0.05) is 78.9 Å². The van der Waals surface area contributed by atoms with E-state index in [-0.39, 0.29) is 16.8 Å². The maximum absolute atomic E-state index is 14.1. The number of aromatic nitrogens is 1. The zero-order chi connectivity index (χ0) is 27.7. The summed E-state index contributed by atoms with van der Waals surface area (Å²) in [6.45, 7) is 6.92. The van der Waals surface area contributed by atoms with Crippen LogP contribution in [0.1, 0.15) is 64.5 Å². The van der Waals surface area contributed by atoms with Crippen LogP contribution in [0, 0.1) is 0 Å². The molecule has 0 saturated heterocycles. The van der Waals surface area contributed by atoms with Gasteiger partial charge in [-0.05, 0) is 50.3 Å². The molecule has 0 radical (unpaired) electrons. The summed E-state index contributed by atoms with van der Waals surface area (Å²) in [5, 5.41) is 1.57. The van der Waals surface area contributed by atoms with Gasteiger partial charge in [0.2, 0.25) is 5.78 Å². The molecular weight excluding hydrogens is 490 g/mol. The smallest absolute Gasteiger partial charge is 0.341 e. The first-order valence-electron chi connectivity index (χ1n) is 12.9. The predicted molar refractivity (Wildman–Crippen MR) is 151 cm³/mol. The van der Waals surface area contributed by atoms with E-state index in [1.807, 2.05) is 72.8 Å². The number of fused-ring (bicyclic) bond motifs is 3. The lowest BCUT2D eigenvalue weighted by molar-refractivity contribution is 0.0330. The highest BCUT2D eigenvalue weighted by Crippen LogP contribution is 2.33. The Kier molecular flexibility index (Phi) is 7.03. The maximum Gasteiger partial charge on any atom is 0.341 e. The molecule has 5 aromatic rings.